The van der Waals surface area contributed by atoms with Gasteiger partial charge in [0.05, 0.1) is 0 Å². The van der Waals surface area contributed by atoms with Gasteiger partial charge in [-0.25, -0.2) is 0 Å². The Hall–Kier alpha value is 0.253. The van der Waals surface area contributed by atoms with Crippen molar-refractivity contribution in [2.45, 2.75) is 0 Å². The van der Waals surface area contributed by atoms with Crippen LogP contribution in [0.5, 0.6) is 0 Å². The average molecular weight is 151 g/mol. The Morgan fingerprint density at radius 3 is 1.25 bits per heavy atom. The van der Waals surface area contributed by atoms with Gasteiger partial charge in [0.1, 0.15) is 6.79 Å². The first-order chi connectivity index (χ1) is 1.00. The van der Waals surface area contributed by atoms with Crippen LogP contribution in [0.15, 0.2) is 0 Å². The maximum Gasteiger partial charge on any atom is 0.106 e. The predicted octanol–water partition coefficient (Wildman–Crippen LogP) is -1.01. The molecule has 4 heavy (non-hydrogen) atoms. The molecule has 0 aromatic heterocycles. The Morgan fingerprint density at radius 2 is 1.25 bits per heavy atom. The normalized spacial score (nSPS) is 1.00. The number of hydrogen-bond donors (Lipinski definition) is 0. The molecular formula is CH4O2Rh. The first-order valence-corrected chi connectivity index (χ1v) is 0.289. The van der Waals surface area contributed by atoms with Gasteiger partial charge in [-0.2, -0.15) is 0 Å². The molecule has 2 N–H and O–H groups in total. The largest absolute Gasteiger partial charge is 0.412 e. The molecule has 0 aromatic rings. The molecule has 0 fully saturated rings. The summed E-state index contributed by atoms with van der Waals surface area (Å²) in [5, 5.41) is 0. The predicted molar refractivity (Wildman–Crippen MR) is 10.7 cm³/mol. The van der Waals surface area contributed by atoms with Gasteiger partial charge < -0.3 is 10.3 Å². The molecule has 0 aromatic carbocycles. The van der Waals surface area contributed by atoms with Gasteiger partial charge >= 0.3 is 0 Å². The van der Waals surface area contributed by atoms with Crippen LogP contribution in [0.25, 0.3) is 0 Å². The summed E-state index contributed by atoms with van der Waals surface area (Å²) in [6.45, 7) is 2.00. The van der Waals surface area contributed by atoms with Crippen molar-refractivity contribution in [3.63, 3.8) is 0 Å². The molecule has 0 heterocycles. The molecule has 29 valence electrons. The Balaban J connectivity index is -0.00000000500. The van der Waals surface area contributed by atoms with Gasteiger partial charge in [0, 0.05) is 19.5 Å². The summed E-state index contributed by atoms with van der Waals surface area (Å²) in [6, 6.07) is 0. The third-order valence-corrected chi connectivity index (χ3v) is 0. The fraction of sp³-hybridized carbons (Fsp3) is 0. The van der Waals surface area contributed by atoms with E-state index in [9.17, 15) is 0 Å². The number of carbonyl (C=O) groups excluding carboxylic acids is 1. The van der Waals surface area contributed by atoms with Gasteiger partial charge in [-0.1, -0.05) is 0 Å². The molecule has 0 spiro atoms. The maximum atomic E-state index is 8.00. The van der Waals surface area contributed by atoms with E-state index in [1.807, 2.05) is 6.79 Å². The van der Waals surface area contributed by atoms with Gasteiger partial charge in [-0.05, 0) is 0 Å². The summed E-state index contributed by atoms with van der Waals surface area (Å²) < 4.78 is 0. The van der Waals surface area contributed by atoms with E-state index in [2.05, 4.69) is 0 Å². The smallest absolute Gasteiger partial charge is 0.106 e. The second-order valence-corrected chi connectivity index (χ2v) is 0. The molecule has 0 atom stereocenters. The van der Waals surface area contributed by atoms with E-state index in [0.29, 0.717) is 0 Å². The minimum absolute atomic E-state index is 0. The van der Waals surface area contributed by atoms with Crippen LogP contribution in [-0.2, 0) is 24.3 Å². The third-order valence-electron chi connectivity index (χ3n) is 0. The quantitative estimate of drug-likeness (QED) is 0.409. The van der Waals surface area contributed by atoms with E-state index in [0.717, 1.165) is 0 Å². The van der Waals surface area contributed by atoms with Crippen LogP contribution in [0.2, 0.25) is 0 Å². The van der Waals surface area contributed by atoms with Crippen LogP contribution >= 0.6 is 0 Å². The fourth-order valence-electron chi connectivity index (χ4n) is 0. The molecular weight excluding hydrogens is 147 g/mol. The van der Waals surface area contributed by atoms with Crippen molar-refractivity contribution in [3.05, 3.63) is 0 Å². The molecule has 0 aliphatic heterocycles. The van der Waals surface area contributed by atoms with Crippen molar-refractivity contribution < 1.29 is 29.7 Å². The molecule has 0 amide bonds. The Bertz CT molecular complexity index is 6.00. The van der Waals surface area contributed by atoms with E-state index in [1.165, 1.54) is 0 Å². The SMILES string of the molecule is C=O.O.[Rh]. The number of carbonyl (C=O) groups is 1. The summed E-state index contributed by atoms with van der Waals surface area (Å²) in [4.78, 5) is 8.00. The van der Waals surface area contributed by atoms with E-state index in [4.69, 9.17) is 4.79 Å². The molecule has 0 aliphatic rings. The van der Waals surface area contributed by atoms with Gasteiger partial charge in [-0.3, -0.25) is 0 Å². The van der Waals surface area contributed by atoms with E-state index in [-0.39, 0.29) is 25.0 Å². The van der Waals surface area contributed by atoms with E-state index < -0.39 is 0 Å². The molecule has 0 aliphatic carbocycles. The Morgan fingerprint density at radius 1 is 1.25 bits per heavy atom. The van der Waals surface area contributed by atoms with E-state index in [1.54, 1.807) is 0 Å². The standard InChI is InChI=1S/CH2O.H2O.Rh/c1-2;;/h1H2;1H2;. The summed E-state index contributed by atoms with van der Waals surface area (Å²) in [5.41, 5.74) is 0. The van der Waals surface area contributed by atoms with Crippen LogP contribution in [0.3, 0.4) is 0 Å². The maximum absolute atomic E-state index is 8.00. The first kappa shape index (κ1) is 28.7. The summed E-state index contributed by atoms with van der Waals surface area (Å²) in [6.07, 6.45) is 0. The van der Waals surface area contributed by atoms with Gasteiger partial charge in [0.15, 0.2) is 0 Å². The molecule has 0 rings (SSSR count). The summed E-state index contributed by atoms with van der Waals surface area (Å²) >= 11 is 0. The van der Waals surface area contributed by atoms with Crippen molar-refractivity contribution in [3.8, 4) is 0 Å². The van der Waals surface area contributed by atoms with Gasteiger partial charge in [-0.15, -0.1) is 0 Å². The van der Waals surface area contributed by atoms with Crippen molar-refractivity contribution in [1.29, 1.82) is 0 Å². The van der Waals surface area contributed by atoms with Crippen LogP contribution in [0.4, 0.5) is 0 Å². The average Bonchev–Trinajstić information content (AvgIpc) is 1.00. The van der Waals surface area contributed by atoms with Crippen molar-refractivity contribution in [1.82, 2.24) is 0 Å². The zero-order valence-electron chi connectivity index (χ0n) is 1.95. The van der Waals surface area contributed by atoms with Gasteiger partial charge in [0.25, 0.3) is 0 Å². The Kier molecular flexibility index (Phi) is 1840. The number of rotatable bonds is 0. The number of hydrogen-bond acceptors (Lipinski definition) is 1. The minimum atomic E-state index is 0. The molecule has 0 saturated heterocycles. The zero-order valence-corrected chi connectivity index (χ0v) is 3.59. The van der Waals surface area contributed by atoms with Crippen LogP contribution in [0.1, 0.15) is 0 Å². The molecule has 0 unspecified atom stereocenters. The van der Waals surface area contributed by atoms with E-state index >= 15 is 0 Å². The monoisotopic (exact) mass is 151 g/mol. The topological polar surface area (TPSA) is 48.6 Å². The van der Waals surface area contributed by atoms with Crippen LogP contribution in [0, 0.1) is 0 Å². The minimum Gasteiger partial charge on any atom is -0.412 e. The summed E-state index contributed by atoms with van der Waals surface area (Å²) in [7, 11) is 0. The fourth-order valence-corrected chi connectivity index (χ4v) is 0. The second-order valence-electron chi connectivity index (χ2n) is 0. The molecule has 1 radical (unpaired) electrons. The Labute approximate surface area is 37.3 Å². The van der Waals surface area contributed by atoms with Crippen molar-refractivity contribution >= 4 is 6.79 Å². The molecule has 0 saturated carbocycles. The summed E-state index contributed by atoms with van der Waals surface area (Å²) in [5.74, 6) is 0. The van der Waals surface area contributed by atoms with Crippen LogP contribution in [-0.4, -0.2) is 12.3 Å². The second kappa shape index (κ2) is 257. The molecule has 3 heteroatoms. The third kappa shape index (κ3) is 55.1. The van der Waals surface area contributed by atoms with Crippen molar-refractivity contribution in [2.24, 2.45) is 0 Å². The first-order valence-electron chi connectivity index (χ1n) is 0.289. The molecule has 0 bridgehead atoms. The van der Waals surface area contributed by atoms with Crippen molar-refractivity contribution in [2.75, 3.05) is 0 Å². The molecule has 2 nitrogen and oxygen atoms in total. The zero-order chi connectivity index (χ0) is 2.00. The van der Waals surface area contributed by atoms with Crippen LogP contribution < -0.4 is 0 Å². The van der Waals surface area contributed by atoms with Gasteiger partial charge in [0.2, 0.25) is 0 Å².